The smallest absolute Gasteiger partial charge is 0.419 e. The highest BCUT2D eigenvalue weighted by molar-refractivity contribution is 6.31. The van der Waals surface area contributed by atoms with Crippen molar-refractivity contribution in [1.82, 2.24) is 4.57 Å². The van der Waals surface area contributed by atoms with Gasteiger partial charge in [-0.2, -0.15) is 0 Å². The second-order valence-electron chi connectivity index (χ2n) is 5.30. The molecule has 0 fully saturated rings. The second kappa shape index (κ2) is 6.41. The number of carbonyl (C=O) groups excluding carboxylic acids is 1. The molecule has 0 unspecified atom stereocenters. The zero-order valence-corrected chi connectivity index (χ0v) is 13.9. The summed E-state index contributed by atoms with van der Waals surface area (Å²) in [5.74, 6) is -0.126. The van der Waals surface area contributed by atoms with Crippen molar-refractivity contribution < 1.29 is 13.9 Å². The number of amides is 1. The minimum atomic E-state index is -0.435. The largest absolute Gasteiger partial charge is 0.495 e. The first-order valence-electron chi connectivity index (χ1n) is 7.20. The Balaban J connectivity index is 1.81. The van der Waals surface area contributed by atoms with Crippen molar-refractivity contribution >= 4 is 34.3 Å². The van der Waals surface area contributed by atoms with Gasteiger partial charge in [0.05, 0.1) is 24.7 Å². The summed E-state index contributed by atoms with van der Waals surface area (Å²) >= 11 is 5.95. The van der Waals surface area contributed by atoms with Gasteiger partial charge in [0, 0.05) is 12.1 Å². The maximum atomic E-state index is 12.3. The zero-order valence-electron chi connectivity index (χ0n) is 13.1. The van der Waals surface area contributed by atoms with Gasteiger partial charge in [-0.15, -0.1) is 0 Å². The van der Waals surface area contributed by atoms with Crippen molar-refractivity contribution in [2.45, 2.75) is 6.42 Å². The summed E-state index contributed by atoms with van der Waals surface area (Å²) in [7, 11) is 3.14. The van der Waals surface area contributed by atoms with Crippen molar-refractivity contribution in [3.63, 3.8) is 0 Å². The molecule has 1 amide bonds. The van der Waals surface area contributed by atoms with Gasteiger partial charge in [-0.1, -0.05) is 17.7 Å². The minimum Gasteiger partial charge on any atom is -0.495 e. The maximum absolute atomic E-state index is 12.3. The Morgan fingerprint density at radius 1 is 1.29 bits per heavy atom. The van der Waals surface area contributed by atoms with Crippen molar-refractivity contribution in [2.24, 2.45) is 7.05 Å². The van der Waals surface area contributed by atoms with E-state index >= 15 is 0 Å². The van der Waals surface area contributed by atoms with Crippen LogP contribution < -0.4 is 15.8 Å². The molecule has 2 aromatic carbocycles. The number of methoxy groups -OCH3 is 1. The molecule has 0 aliphatic carbocycles. The van der Waals surface area contributed by atoms with E-state index in [1.54, 1.807) is 43.4 Å². The molecule has 0 spiro atoms. The van der Waals surface area contributed by atoms with E-state index in [0.29, 0.717) is 27.6 Å². The third-order valence-corrected chi connectivity index (χ3v) is 3.89. The van der Waals surface area contributed by atoms with Gasteiger partial charge in [-0.3, -0.25) is 9.36 Å². The number of halogens is 1. The molecular formula is C17H15ClN2O4. The number of rotatable bonds is 4. The Morgan fingerprint density at radius 3 is 2.83 bits per heavy atom. The number of carbonyl (C=O) groups is 1. The van der Waals surface area contributed by atoms with E-state index in [1.807, 2.05) is 0 Å². The van der Waals surface area contributed by atoms with Crippen LogP contribution in [0.5, 0.6) is 5.75 Å². The summed E-state index contributed by atoms with van der Waals surface area (Å²) < 4.78 is 11.7. The number of ether oxygens (including phenoxy) is 1. The summed E-state index contributed by atoms with van der Waals surface area (Å²) in [6.07, 6.45) is 0.144. The van der Waals surface area contributed by atoms with Gasteiger partial charge < -0.3 is 14.5 Å². The van der Waals surface area contributed by atoms with Crippen LogP contribution in [0.4, 0.5) is 5.69 Å². The lowest BCUT2D eigenvalue weighted by molar-refractivity contribution is -0.115. The molecule has 7 heteroatoms. The van der Waals surface area contributed by atoms with Crippen LogP contribution in [0, 0.1) is 0 Å². The highest BCUT2D eigenvalue weighted by Crippen LogP contribution is 2.27. The Morgan fingerprint density at radius 2 is 2.08 bits per heavy atom. The molecule has 1 heterocycles. The van der Waals surface area contributed by atoms with Gasteiger partial charge in [0.1, 0.15) is 5.75 Å². The fourth-order valence-corrected chi connectivity index (χ4v) is 2.61. The van der Waals surface area contributed by atoms with Gasteiger partial charge >= 0.3 is 5.76 Å². The van der Waals surface area contributed by atoms with Gasteiger partial charge in [-0.05, 0) is 35.9 Å². The van der Waals surface area contributed by atoms with Crippen LogP contribution in [0.25, 0.3) is 11.1 Å². The SMILES string of the molecule is COc1ccc(Cl)cc1NC(=O)Cc1ccc2oc(=O)n(C)c2c1. The quantitative estimate of drug-likeness (QED) is 0.788. The third kappa shape index (κ3) is 3.14. The van der Waals surface area contributed by atoms with E-state index in [0.717, 1.165) is 5.56 Å². The fraction of sp³-hybridized carbons (Fsp3) is 0.176. The zero-order chi connectivity index (χ0) is 17.3. The molecule has 0 saturated carbocycles. The van der Waals surface area contributed by atoms with Gasteiger partial charge in [0.25, 0.3) is 0 Å². The van der Waals surface area contributed by atoms with Crippen LogP contribution >= 0.6 is 11.6 Å². The van der Waals surface area contributed by atoms with Crippen molar-refractivity contribution in [3.8, 4) is 5.75 Å². The summed E-state index contributed by atoms with van der Waals surface area (Å²) in [4.78, 5) is 23.8. The summed E-state index contributed by atoms with van der Waals surface area (Å²) in [5, 5.41) is 3.28. The van der Waals surface area contributed by atoms with Crippen LogP contribution in [-0.4, -0.2) is 17.6 Å². The number of hydrogen-bond acceptors (Lipinski definition) is 4. The average molecular weight is 347 g/mol. The summed E-state index contributed by atoms with van der Waals surface area (Å²) in [5.41, 5.74) is 2.40. The van der Waals surface area contributed by atoms with Crippen LogP contribution in [-0.2, 0) is 18.3 Å². The maximum Gasteiger partial charge on any atom is 0.419 e. The normalized spacial score (nSPS) is 10.8. The molecule has 24 heavy (non-hydrogen) atoms. The van der Waals surface area contributed by atoms with E-state index < -0.39 is 5.76 Å². The number of anilines is 1. The molecule has 0 radical (unpaired) electrons. The van der Waals surface area contributed by atoms with Gasteiger partial charge in [0.15, 0.2) is 5.58 Å². The predicted octanol–water partition coefficient (Wildman–Crippen LogP) is 2.97. The topological polar surface area (TPSA) is 73.5 Å². The van der Waals surface area contributed by atoms with Crippen LogP contribution in [0.2, 0.25) is 5.02 Å². The number of aromatic nitrogens is 1. The molecule has 0 aliphatic heterocycles. The van der Waals surface area contributed by atoms with E-state index in [4.69, 9.17) is 20.8 Å². The monoisotopic (exact) mass is 346 g/mol. The first-order chi connectivity index (χ1) is 11.5. The lowest BCUT2D eigenvalue weighted by Crippen LogP contribution is -2.15. The van der Waals surface area contributed by atoms with Gasteiger partial charge in [0.2, 0.25) is 5.91 Å². The predicted molar refractivity (Wildman–Crippen MR) is 91.8 cm³/mol. The molecule has 3 aromatic rings. The summed E-state index contributed by atoms with van der Waals surface area (Å²) in [6.45, 7) is 0. The van der Waals surface area contributed by atoms with Crippen LogP contribution in [0.3, 0.4) is 0 Å². The van der Waals surface area contributed by atoms with E-state index in [1.165, 1.54) is 11.7 Å². The highest BCUT2D eigenvalue weighted by atomic mass is 35.5. The number of hydrogen-bond donors (Lipinski definition) is 1. The first-order valence-corrected chi connectivity index (χ1v) is 7.57. The Bertz CT molecular complexity index is 974. The number of fused-ring (bicyclic) bond motifs is 1. The number of oxazole rings is 1. The second-order valence-corrected chi connectivity index (χ2v) is 5.74. The molecule has 1 aromatic heterocycles. The minimum absolute atomic E-state index is 0.144. The highest BCUT2D eigenvalue weighted by Gasteiger charge is 2.11. The average Bonchev–Trinajstić information content (AvgIpc) is 2.82. The Labute approximate surface area is 142 Å². The van der Waals surface area contributed by atoms with Crippen LogP contribution in [0.1, 0.15) is 5.56 Å². The Hall–Kier alpha value is -2.73. The Kier molecular flexibility index (Phi) is 4.31. The lowest BCUT2D eigenvalue weighted by atomic mass is 10.1. The van der Waals surface area contributed by atoms with Gasteiger partial charge in [-0.25, -0.2) is 4.79 Å². The molecule has 0 atom stereocenters. The van der Waals surface area contributed by atoms with Crippen molar-refractivity contribution in [2.75, 3.05) is 12.4 Å². The molecule has 0 aliphatic rings. The standard InChI is InChI=1S/C17H15ClN2O4/c1-20-13-7-10(3-5-15(13)24-17(20)22)8-16(21)19-12-9-11(18)4-6-14(12)23-2/h3-7,9H,8H2,1-2H3,(H,19,21). The molecule has 1 N–H and O–H groups in total. The number of nitrogens with one attached hydrogen (secondary N) is 1. The van der Waals surface area contributed by atoms with Crippen molar-refractivity contribution in [1.29, 1.82) is 0 Å². The molecule has 3 rings (SSSR count). The molecule has 0 saturated heterocycles. The molecular weight excluding hydrogens is 332 g/mol. The van der Waals surface area contributed by atoms with E-state index in [2.05, 4.69) is 5.32 Å². The first kappa shape index (κ1) is 16.1. The third-order valence-electron chi connectivity index (χ3n) is 3.66. The number of benzene rings is 2. The number of aryl methyl sites for hydroxylation is 1. The van der Waals surface area contributed by atoms with Crippen LogP contribution in [0.15, 0.2) is 45.6 Å². The van der Waals surface area contributed by atoms with E-state index in [-0.39, 0.29) is 12.3 Å². The molecule has 124 valence electrons. The molecule has 0 bridgehead atoms. The number of nitrogens with zero attached hydrogens (tertiary/aromatic N) is 1. The van der Waals surface area contributed by atoms with E-state index in [9.17, 15) is 9.59 Å². The van der Waals surface area contributed by atoms with Crippen molar-refractivity contribution in [3.05, 3.63) is 57.5 Å². The fourth-order valence-electron chi connectivity index (χ4n) is 2.44. The summed E-state index contributed by atoms with van der Waals surface area (Å²) in [6, 6.07) is 10.2. The lowest BCUT2D eigenvalue weighted by Gasteiger charge is -2.10. The molecule has 6 nitrogen and oxygen atoms in total.